The van der Waals surface area contributed by atoms with Crippen molar-refractivity contribution < 1.29 is 4.79 Å². The third kappa shape index (κ3) is 2.08. The monoisotopic (exact) mass is 262 g/mol. The average molecular weight is 262 g/mol. The number of carbonyl (C=O) groups excluding carboxylic acids is 1. The van der Waals surface area contributed by atoms with E-state index in [0.29, 0.717) is 5.69 Å². The molecule has 1 saturated heterocycles. The lowest BCUT2D eigenvalue weighted by atomic mass is 10.3. The summed E-state index contributed by atoms with van der Waals surface area (Å²) in [5.74, 6) is 2.04. The lowest BCUT2D eigenvalue weighted by molar-refractivity contribution is 0.0765. The second-order valence-electron chi connectivity index (χ2n) is 4.31. The maximum absolute atomic E-state index is 12.3. The maximum Gasteiger partial charge on any atom is 0.274 e. The second kappa shape index (κ2) is 4.61. The van der Waals surface area contributed by atoms with Gasteiger partial charge in [0.1, 0.15) is 5.69 Å². The van der Waals surface area contributed by atoms with Crippen molar-refractivity contribution >= 4 is 23.3 Å². The largest absolute Gasteiger partial charge is 0.336 e. The molecule has 0 radical (unpaired) electrons. The molecule has 1 aliphatic heterocycles. The Morgan fingerprint density at radius 3 is 2.89 bits per heavy atom. The van der Waals surface area contributed by atoms with Gasteiger partial charge in [-0.1, -0.05) is 0 Å². The van der Waals surface area contributed by atoms with Crippen LogP contribution in [0.4, 0.5) is 0 Å². The van der Waals surface area contributed by atoms with E-state index in [4.69, 9.17) is 0 Å². The molecule has 0 N–H and O–H groups in total. The van der Waals surface area contributed by atoms with E-state index in [-0.39, 0.29) is 5.91 Å². The quantitative estimate of drug-likeness (QED) is 0.775. The second-order valence-corrected chi connectivity index (χ2v) is 5.53. The summed E-state index contributed by atoms with van der Waals surface area (Å²) in [7, 11) is 0. The Bertz CT molecular complexity index is 589. The molecule has 5 nitrogen and oxygen atoms in total. The van der Waals surface area contributed by atoms with E-state index in [0.717, 1.165) is 35.9 Å². The van der Waals surface area contributed by atoms with Gasteiger partial charge in [-0.15, -0.1) is 0 Å². The van der Waals surface area contributed by atoms with Gasteiger partial charge in [0.15, 0.2) is 5.65 Å². The minimum atomic E-state index is 0.0172. The van der Waals surface area contributed by atoms with Gasteiger partial charge in [0.05, 0.1) is 11.9 Å². The van der Waals surface area contributed by atoms with Gasteiger partial charge in [0, 0.05) is 24.6 Å². The highest BCUT2D eigenvalue weighted by atomic mass is 32.2. The molecule has 1 amide bonds. The fourth-order valence-electron chi connectivity index (χ4n) is 2.04. The highest BCUT2D eigenvalue weighted by molar-refractivity contribution is 7.99. The maximum atomic E-state index is 12.3. The standard InChI is InChI=1S/C12H14N4OS/c1-9-8-16-11(13-9)3-2-10(14-16)12(17)15-4-6-18-7-5-15/h2-3,8H,4-7H2,1H3. The number of aryl methyl sites for hydroxylation is 1. The Morgan fingerprint density at radius 2 is 2.11 bits per heavy atom. The molecule has 94 valence electrons. The van der Waals surface area contributed by atoms with Crippen molar-refractivity contribution in [2.24, 2.45) is 0 Å². The van der Waals surface area contributed by atoms with Crippen molar-refractivity contribution in [3.05, 3.63) is 29.7 Å². The number of nitrogens with zero attached hydrogens (tertiary/aromatic N) is 4. The summed E-state index contributed by atoms with van der Waals surface area (Å²) in [6, 6.07) is 3.60. The summed E-state index contributed by atoms with van der Waals surface area (Å²) in [6.45, 7) is 3.54. The van der Waals surface area contributed by atoms with Gasteiger partial charge in [0.2, 0.25) is 0 Å². The Labute approximate surface area is 109 Å². The van der Waals surface area contributed by atoms with Crippen LogP contribution >= 0.6 is 11.8 Å². The number of thioether (sulfide) groups is 1. The molecule has 0 atom stereocenters. The molecule has 3 heterocycles. The Balaban J connectivity index is 1.90. The van der Waals surface area contributed by atoms with E-state index in [9.17, 15) is 4.79 Å². The first-order valence-electron chi connectivity index (χ1n) is 5.94. The molecule has 0 bridgehead atoms. The zero-order valence-electron chi connectivity index (χ0n) is 10.2. The van der Waals surface area contributed by atoms with Gasteiger partial charge in [-0.3, -0.25) is 4.79 Å². The van der Waals surface area contributed by atoms with E-state index >= 15 is 0 Å². The molecule has 3 rings (SSSR count). The summed E-state index contributed by atoms with van der Waals surface area (Å²) in [5, 5.41) is 4.33. The first kappa shape index (κ1) is 11.5. The molecule has 0 aromatic carbocycles. The van der Waals surface area contributed by atoms with Gasteiger partial charge in [0.25, 0.3) is 5.91 Å². The van der Waals surface area contributed by atoms with Crippen LogP contribution in [0.1, 0.15) is 16.2 Å². The third-order valence-electron chi connectivity index (χ3n) is 2.96. The van der Waals surface area contributed by atoms with Crippen molar-refractivity contribution in [1.29, 1.82) is 0 Å². The van der Waals surface area contributed by atoms with Crippen LogP contribution in [0.5, 0.6) is 0 Å². The molecule has 0 saturated carbocycles. The average Bonchev–Trinajstić information content (AvgIpc) is 2.78. The molecule has 0 spiro atoms. The van der Waals surface area contributed by atoms with E-state index < -0.39 is 0 Å². The van der Waals surface area contributed by atoms with Crippen LogP contribution in [0.2, 0.25) is 0 Å². The van der Waals surface area contributed by atoms with Gasteiger partial charge < -0.3 is 4.90 Å². The molecule has 0 aliphatic carbocycles. The number of imidazole rings is 1. The molecule has 2 aromatic rings. The van der Waals surface area contributed by atoms with Gasteiger partial charge in [-0.2, -0.15) is 16.9 Å². The SMILES string of the molecule is Cc1cn2nc(C(=O)N3CCSCC3)ccc2n1. The fraction of sp³-hybridized carbons (Fsp3) is 0.417. The van der Waals surface area contributed by atoms with Crippen LogP contribution in [0.25, 0.3) is 5.65 Å². The van der Waals surface area contributed by atoms with E-state index in [1.54, 1.807) is 10.6 Å². The van der Waals surface area contributed by atoms with E-state index in [1.165, 1.54) is 0 Å². The summed E-state index contributed by atoms with van der Waals surface area (Å²) in [6.07, 6.45) is 1.83. The number of amides is 1. The molecule has 6 heteroatoms. The summed E-state index contributed by atoms with van der Waals surface area (Å²) in [5.41, 5.74) is 2.17. The highest BCUT2D eigenvalue weighted by Crippen LogP contribution is 2.12. The summed E-state index contributed by atoms with van der Waals surface area (Å²) in [4.78, 5) is 18.4. The van der Waals surface area contributed by atoms with E-state index in [2.05, 4.69) is 10.1 Å². The van der Waals surface area contributed by atoms with Crippen LogP contribution in [0, 0.1) is 6.92 Å². The predicted octanol–water partition coefficient (Wildman–Crippen LogP) is 1.23. The molecule has 0 unspecified atom stereocenters. The first-order chi connectivity index (χ1) is 8.74. The zero-order chi connectivity index (χ0) is 12.5. The molecule has 2 aromatic heterocycles. The first-order valence-corrected chi connectivity index (χ1v) is 7.09. The lowest BCUT2D eigenvalue weighted by Gasteiger charge is -2.25. The van der Waals surface area contributed by atoms with Crippen molar-refractivity contribution in [3.63, 3.8) is 0 Å². The Morgan fingerprint density at radius 1 is 1.33 bits per heavy atom. The highest BCUT2D eigenvalue weighted by Gasteiger charge is 2.19. The predicted molar refractivity (Wildman–Crippen MR) is 71.0 cm³/mol. The van der Waals surface area contributed by atoms with Crippen LogP contribution in [-0.2, 0) is 0 Å². The van der Waals surface area contributed by atoms with Crippen LogP contribution < -0.4 is 0 Å². The normalized spacial score (nSPS) is 16.2. The molecule has 1 aliphatic rings. The zero-order valence-corrected chi connectivity index (χ0v) is 11.0. The summed E-state index contributed by atoms with van der Waals surface area (Å²) >= 11 is 1.89. The van der Waals surface area contributed by atoms with Gasteiger partial charge >= 0.3 is 0 Å². The molecule has 18 heavy (non-hydrogen) atoms. The molecule has 1 fully saturated rings. The smallest absolute Gasteiger partial charge is 0.274 e. The molecular formula is C12H14N4OS. The lowest BCUT2D eigenvalue weighted by Crippen LogP contribution is -2.38. The minimum absolute atomic E-state index is 0.0172. The Hall–Kier alpha value is -1.56. The molecular weight excluding hydrogens is 248 g/mol. The van der Waals surface area contributed by atoms with Crippen molar-refractivity contribution in [2.75, 3.05) is 24.6 Å². The number of rotatable bonds is 1. The number of hydrogen-bond donors (Lipinski definition) is 0. The third-order valence-corrected chi connectivity index (χ3v) is 3.90. The van der Waals surface area contributed by atoms with Crippen LogP contribution in [0.15, 0.2) is 18.3 Å². The van der Waals surface area contributed by atoms with Crippen LogP contribution in [0.3, 0.4) is 0 Å². The number of hydrogen-bond acceptors (Lipinski definition) is 4. The number of carbonyl (C=O) groups is 1. The van der Waals surface area contributed by atoms with Crippen molar-refractivity contribution in [2.45, 2.75) is 6.92 Å². The van der Waals surface area contributed by atoms with Gasteiger partial charge in [-0.25, -0.2) is 9.50 Å². The van der Waals surface area contributed by atoms with Crippen LogP contribution in [-0.4, -0.2) is 50.0 Å². The van der Waals surface area contributed by atoms with Gasteiger partial charge in [-0.05, 0) is 19.1 Å². The topological polar surface area (TPSA) is 50.5 Å². The van der Waals surface area contributed by atoms with E-state index in [1.807, 2.05) is 35.8 Å². The minimum Gasteiger partial charge on any atom is -0.336 e. The summed E-state index contributed by atoms with van der Waals surface area (Å²) < 4.78 is 1.67. The number of fused-ring (bicyclic) bond motifs is 1. The fourth-order valence-corrected chi connectivity index (χ4v) is 2.95. The van der Waals surface area contributed by atoms with Crippen molar-refractivity contribution in [3.8, 4) is 0 Å². The van der Waals surface area contributed by atoms with Crippen molar-refractivity contribution in [1.82, 2.24) is 19.5 Å². The Kier molecular flexibility index (Phi) is 2.95. The number of aromatic nitrogens is 3.